The second-order valence-corrected chi connectivity index (χ2v) is 4.63. The fourth-order valence-corrected chi connectivity index (χ4v) is 2.10. The molecule has 2 aromatic carbocycles. The van der Waals surface area contributed by atoms with Crippen molar-refractivity contribution in [3.63, 3.8) is 0 Å². The van der Waals surface area contributed by atoms with Gasteiger partial charge < -0.3 is 16.2 Å². The van der Waals surface area contributed by atoms with Crippen LogP contribution >= 0.6 is 0 Å². The van der Waals surface area contributed by atoms with Crippen LogP contribution in [0.25, 0.3) is 10.9 Å². The molecule has 4 heteroatoms. The van der Waals surface area contributed by atoms with Crippen LogP contribution in [0.5, 0.6) is 5.75 Å². The van der Waals surface area contributed by atoms with Crippen LogP contribution in [0, 0.1) is 0 Å². The molecule has 0 spiro atoms. The molecule has 0 aliphatic heterocycles. The van der Waals surface area contributed by atoms with Crippen LogP contribution in [0.4, 0.5) is 11.5 Å². The molecule has 0 fully saturated rings. The molecular formula is C16H15N3O. The highest BCUT2D eigenvalue weighted by Crippen LogP contribution is 2.21. The predicted molar refractivity (Wildman–Crippen MR) is 81.6 cm³/mol. The highest BCUT2D eigenvalue weighted by Gasteiger charge is 2.03. The molecule has 20 heavy (non-hydrogen) atoms. The summed E-state index contributed by atoms with van der Waals surface area (Å²) in [6.45, 7) is 0.474. The zero-order chi connectivity index (χ0) is 13.9. The molecule has 0 unspecified atom stereocenters. The maximum atomic E-state index is 9.77. The van der Waals surface area contributed by atoms with Gasteiger partial charge >= 0.3 is 0 Å². The van der Waals surface area contributed by atoms with E-state index < -0.39 is 0 Å². The molecule has 0 aliphatic carbocycles. The Morgan fingerprint density at radius 1 is 1.05 bits per heavy atom. The lowest BCUT2D eigenvalue weighted by Crippen LogP contribution is -2.02. The molecule has 0 aliphatic rings. The van der Waals surface area contributed by atoms with Gasteiger partial charge in [0.25, 0.3) is 0 Å². The van der Waals surface area contributed by atoms with Crippen LogP contribution in [0.15, 0.2) is 54.6 Å². The third-order valence-corrected chi connectivity index (χ3v) is 3.16. The molecule has 4 N–H and O–H groups in total. The van der Waals surface area contributed by atoms with Crippen LogP contribution < -0.4 is 11.1 Å². The quantitative estimate of drug-likeness (QED) is 0.502. The summed E-state index contributed by atoms with van der Waals surface area (Å²) < 4.78 is 0. The first-order chi connectivity index (χ1) is 9.72. The highest BCUT2D eigenvalue weighted by atomic mass is 16.3. The van der Waals surface area contributed by atoms with Gasteiger partial charge in [0.1, 0.15) is 11.6 Å². The number of nitrogens with one attached hydrogen (secondary N) is 1. The molecule has 1 aromatic heterocycles. The lowest BCUT2D eigenvalue weighted by molar-refractivity contribution is 0.469. The Morgan fingerprint density at radius 3 is 2.80 bits per heavy atom. The Labute approximate surface area is 116 Å². The van der Waals surface area contributed by atoms with Gasteiger partial charge in [0.05, 0.1) is 5.52 Å². The number of phenolic OH excluding ortho intramolecular Hbond substituents is 1. The van der Waals surface area contributed by atoms with E-state index in [-0.39, 0.29) is 5.75 Å². The summed E-state index contributed by atoms with van der Waals surface area (Å²) in [5.41, 5.74) is 8.04. The molecule has 4 nitrogen and oxygen atoms in total. The summed E-state index contributed by atoms with van der Waals surface area (Å²) in [7, 11) is 0. The molecule has 1 heterocycles. The van der Waals surface area contributed by atoms with E-state index in [0.717, 1.165) is 22.3 Å². The number of benzene rings is 2. The zero-order valence-electron chi connectivity index (χ0n) is 10.9. The maximum Gasteiger partial charge on any atom is 0.126 e. The van der Waals surface area contributed by atoms with Crippen molar-refractivity contribution in [3.05, 3.63) is 60.2 Å². The second-order valence-electron chi connectivity index (χ2n) is 4.63. The number of nitrogens with two attached hydrogens (primary N) is 1. The van der Waals surface area contributed by atoms with Gasteiger partial charge in [0.2, 0.25) is 0 Å². The number of aromatic hydroxyl groups is 1. The van der Waals surface area contributed by atoms with E-state index in [2.05, 4.69) is 10.3 Å². The minimum absolute atomic E-state index is 0.229. The number of hydrogen-bond acceptors (Lipinski definition) is 4. The van der Waals surface area contributed by atoms with E-state index in [4.69, 9.17) is 5.73 Å². The molecule has 0 radical (unpaired) electrons. The summed E-state index contributed by atoms with van der Waals surface area (Å²) in [5, 5.41) is 14.1. The number of pyridine rings is 1. The first-order valence-electron chi connectivity index (χ1n) is 6.39. The maximum absolute atomic E-state index is 9.77. The Bertz CT molecular complexity index is 756. The Morgan fingerprint density at radius 2 is 1.90 bits per heavy atom. The van der Waals surface area contributed by atoms with Crippen molar-refractivity contribution >= 4 is 22.4 Å². The smallest absolute Gasteiger partial charge is 0.126 e. The summed E-state index contributed by atoms with van der Waals surface area (Å²) >= 11 is 0. The molecule has 0 atom stereocenters. The molecule has 3 aromatic rings. The van der Waals surface area contributed by atoms with E-state index >= 15 is 0 Å². The Balaban J connectivity index is 1.81. The van der Waals surface area contributed by atoms with Crippen molar-refractivity contribution in [1.29, 1.82) is 0 Å². The number of nitrogens with zero attached hydrogens (tertiary/aromatic N) is 1. The van der Waals surface area contributed by atoms with Gasteiger partial charge in [0.15, 0.2) is 0 Å². The number of aromatic nitrogens is 1. The SMILES string of the molecule is Nc1ccc(O)c(CNc2ccc3ccccc3n2)c1. The van der Waals surface area contributed by atoms with Crippen LogP contribution in [-0.2, 0) is 6.54 Å². The minimum atomic E-state index is 0.229. The van der Waals surface area contributed by atoms with Crippen LogP contribution in [-0.4, -0.2) is 10.1 Å². The van der Waals surface area contributed by atoms with E-state index in [1.165, 1.54) is 0 Å². The third kappa shape index (κ3) is 2.49. The summed E-state index contributed by atoms with van der Waals surface area (Å²) in [6.07, 6.45) is 0. The van der Waals surface area contributed by atoms with Crippen molar-refractivity contribution in [2.24, 2.45) is 0 Å². The van der Waals surface area contributed by atoms with Gasteiger partial charge in [-0.25, -0.2) is 4.98 Å². The minimum Gasteiger partial charge on any atom is -0.508 e. The standard InChI is InChI=1S/C16H15N3O/c17-13-6-7-15(20)12(9-13)10-18-16-8-5-11-3-1-2-4-14(11)19-16/h1-9,20H,10,17H2,(H,18,19). The van der Waals surface area contributed by atoms with Crippen molar-refractivity contribution in [2.75, 3.05) is 11.1 Å². The highest BCUT2D eigenvalue weighted by molar-refractivity contribution is 5.80. The lowest BCUT2D eigenvalue weighted by Gasteiger charge is -2.09. The molecule has 3 rings (SSSR count). The Hall–Kier alpha value is -2.75. The number of fused-ring (bicyclic) bond motifs is 1. The average Bonchev–Trinajstić information content (AvgIpc) is 2.48. The molecule has 100 valence electrons. The van der Waals surface area contributed by atoms with Gasteiger partial charge in [-0.15, -0.1) is 0 Å². The first kappa shape index (κ1) is 12.3. The van der Waals surface area contributed by atoms with Crippen LogP contribution in [0.3, 0.4) is 0 Å². The number of para-hydroxylation sites is 1. The zero-order valence-corrected chi connectivity index (χ0v) is 10.9. The van der Waals surface area contributed by atoms with E-state index in [1.54, 1.807) is 18.2 Å². The van der Waals surface area contributed by atoms with Crippen molar-refractivity contribution in [2.45, 2.75) is 6.54 Å². The number of phenols is 1. The number of anilines is 2. The average molecular weight is 265 g/mol. The second kappa shape index (κ2) is 5.09. The van der Waals surface area contributed by atoms with Crippen LogP contribution in [0.2, 0.25) is 0 Å². The topological polar surface area (TPSA) is 71.2 Å². The van der Waals surface area contributed by atoms with E-state index in [9.17, 15) is 5.11 Å². The lowest BCUT2D eigenvalue weighted by atomic mass is 10.1. The monoisotopic (exact) mass is 265 g/mol. The molecule has 0 amide bonds. The van der Waals surface area contributed by atoms with Gasteiger partial charge in [-0.3, -0.25) is 0 Å². The van der Waals surface area contributed by atoms with Crippen LogP contribution in [0.1, 0.15) is 5.56 Å². The molecule has 0 saturated carbocycles. The number of nitrogen functional groups attached to an aromatic ring is 1. The summed E-state index contributed by atoms with van der Waals surface area (Å²) in [6, 6.07) is 16.9. The fourth-order valence-electron chi connectivity index (χ4n) is 2.10. The molecule has 0 saturated heterocycles. The predicted octanol–water partition coefficient (Wildman–Crippen LogP) is 3.13. The summed E-state index contributed by atoms with van der Waals surface area (Å²) in [5.74, 6) is 0.998. The summed E-state index contributed by atoms with van der Waals surface area (Å²) in [4.78, 5) is 4.52. The van der Waals surface area contributed by atoms with Gasteiger partial charge in [0, 0.05) is 23.2 Å². The normalized spacial score (nSPS) is 10.6. The van der Waals surface area contributed by atoms with Gasteiger partial charge in [-0.05, 0) is 36.4 Å². The Kier molecular flexibility index (Phi) is 3.13. The first-order valence-corrected chi connectivity index (χ1v) is 6.39. The largest absolute Gasteiger partial charge is 0.508 e. The van der Waals surface area contributed by atoms with Crippen molar-refractivity contribution in [1.82, 2.24) is 4.98 Å². The number of hydrogen-bond donors (Lipinski definition) is 3. The molecular weight excluding hydrogens is 250 g/mol. The van der Waals surface area contributed by atoms with Crippen molar-refractivity contribution in [3.8, 4) is 5.75 Å². The van der Waals surface area contributed by atoms with Crippen molar-refractivity contribution < 1.29 is 5.11 Å². The van der Waals surface area contributed by atoms with Gasteiger partial charge in [-0.1, -0.05) is 18.2 Å². The van der Waals surface area contributed by atoms with E-state index in [0.29, 0.717) is 12.2 Å². The number of rotatable bonds is 3. The third-order valence-electron chi connectivity index (χ3n) is 3.16. The van der Waals surface area contributed by atoms with E-state index in [1.807, 2.05) is 36.4 Å². The van der Waals surface area contributed by atoms with Gasteiger partial charge in [-0.2, -0.15) is 0 Å². The molecule has 0 bridgehead atoms. The fraction of sp³-hybridized carbons (Fsp3) is 0.0625.